The van der Waals surface area contributed by atoms with E-state index in [0.717, 1.165) is 12.1 Å². The van der Waals surface area contributed by atoms with Crippen molar-refractivity contribution in [3.63, 3.8) is 0 Å². The second-order valence-electron chi connectivity index (χ2n) is 8.25. The van der Waals surface area contributed by atoms with E-state index in [9.17, 15) is 26.3 Å². The second-order valence-corrected chi connectivity index (χ2v) is 8.25. The van der Waals surface area contributed by atoms with Crippen LogP contribution in [0.2, 0.25) is 0 Å². The summed E-state index contributed by atoms with van der Waals surface area (Å²) in [7, 11) is 0. The zero-order chi connectivity index (χ0) is 24.3. The lowest BCUT2D eigenvalue weighted by molar-refractivity contribution is -0.189. The van der Waals surface area contributed by atoms with Gasteiger partial charge in [0.1, 0.15) is 6.04 Å². The van der Waals surface area contributed by atoms with Crippen molar-refractivity contribution in [3.05, 3.63) is 90.3 Å². The number of rotatable bonds is 5. The van der Waals surface area contributed by atoms with E-state index in [1.165, 1.54) is 29.2 Å². The molecule has 3 aromatic rings. The maximum Gasteiger partial charge on any atom is 0.416 e. The maximum atomic E-state index is 14.0. The summed E-state index contributed by atoms with van der Waals surface area (Å²) in [5.74, 6) is 0. The third-order valence-electron chi connectivity index (χ3n) is 6.05. The topological polar surface area (TPSA) is 19.4 Å². The fourth-order valence-corrected chi connectivity index (χ4v) is 4.52. The highest BCUT2D eigenvalue weighted by Gasteiger charge is 2.45. The quantitative estimate of drug-likeness (QED) is 0.367. The summed E-state index contributed by atoms with van der Waals surface area (Å²) in [5, 5.41) is 0. The normalized spacial score (nSPS) is 16.9. The van der Waals surface area contributed by atoms with Gasteiger partial charge in [0.05, 0.1) is 17.4 Å². The van der Waals surface area contributed by atoms with Crippen molar-refractivity contribution in [2.24, 2.45) is 0 Å². The Morgan fingerprint density at radius 1 is 0.794 bits per heavy atom. The number of piperidine rings is 1. The molecule has 0 N–H and O–H groups in total. The predicted molar refractivity (Wildman–Crippen MR) is 118 cm³/mol. The van der Waals surface area contributed by atoms with E-state index in [0.29, 0.717) is 24.2 Å². The van der Waals surface area contributed by atoms with Crippen LogP contribution in [0.4, 0.5) is 37.7 Å². The van der Waals surface area contributed by atoms with E-state index in [-0.39, 0.29) is 24.7 Å². The molecule has 34 heavy (non-hydrogen) atoms. The SMILES string of the molecule is FC(F)(F)c1ccc(N(c2cccnc2)C2CCN(C(c3ccccc3)C(F)(F)F)CC2)cc1. The smallest absolute Gasteiger partial charge is 0.337 e. The Labute approximate surface area is 193 Å². The summed E-state index contributed by atoms with van der Waals surface area (Å²) >= 11 is 0. The Morgan fingerprint density at radius 3 is 1.97 bits per heavy atom. The molecule has 0 aliphatic carbocycles. The van der Waals surface area contributed by atoms with Crippen molar-refractivity contribution >= 4 is 11.4 Å². The Hall–Kier alpha value is -3.07. The average Bonchev–Trinajstić information content (AvgIpc) is 2.81. The van der Waals surface area contributed by atoms with Crippen LogP contribution in [0, 0.1) is 0 Å². The highest BCUT2D eigenvalue weighted by Crippen LogP contribution is 2.41. The van der Waals surface area contributed by atoms with Gasteiger partial charge in [-0.3, -0.25) is 9.88 Å². The highest BCUT2D eigenvalue weighted by atomic mass is 19.4. The third-order valence-corrected chi connectivity index (χ3v) is 6.05. The minimum Gasteiger partial charge on any atom is -0.337 e. The molecule has 4 rings (SSSR count). The monoisotopic (exact) mass is 479 g/mol. The van der Waals surface area contributed by atoms with Gasteiger partial charge in [0, 0.05) is 31.0 Å². The number of hydrogen-bond donors (Lipinski definition) is 0. The third kappa shape index (κ3) is 5.35. The van der Waals surface area contributed by atoms with Gasteiger partial charge < -0.3 is 4.90 Å². The molecule has 1 fully saturated rings. The highest BCUT2D eigenvalue weighted by molar-refractivity contribution is 5.63. The molecule has 0 amide bonds. The average molecular weight is 479 g/mol. The zero-order valence-corrected chi connectivity index (χ0v) is 18.1. The first-order valence-electron chi connectivity index (χ1n) is 10.9. The van der Waals surface area contributed by atoms with Crippen LogP contribution in [0.1, 0.15) is 30.0 Å². The molecule has 2 heterocycles. The minimum absolute atomic E-state index is 0.193. The van der Waals surface area contributed by atoms with Gasteiger partial charge in [-0.25, -0.2) is 0 Å². The standard InChI is InChI=1S/C25H23F6N3/c26-24(27,28)19-8-10-20(11-9-19)34(22-7-4-14-32-17-22)21-12-15-33(16-13-21)23(25(29,30)31)18-5-2-1-3-6-18/h1-11,14,17,21,23H,12-13,15-16H2. The molecule has 1 aromatic heterocycles. The van der Waals surface area contributed by atoms with Crippen LogP contribution in [0.5, 0.6) is 0 Å². The number of anilines is 2. The molecular weight excluding hydrogens is 456 g/mol. The van der Waals surface area contributed by atoms with E-state index < -0.39 is 24.0 Å². The van der Waals surface area contributed by atoms with Gasteiger partial charge in [-0.15, -0.1) is 0 Å². The lowest BCUT2D eigenvalue weighted by Gasteiger charge is -2.42. The molecule has 0 radical (unpaired) electrons. The van der Waals surface area contributed by atoms with Crippen molar-refractivity contribution in [2.75, 3.05) is 18.0 Å². The number of alkyl halides is 6. The van der Waals surface area contributed by atoms with Crippen LogP contribution >= 0.6 is 0 Å². The summed E-state index contributed by atoms with van der Waals surface area (Å²) in [4.78, 5) is 7.42. The first-order valence-corrected chi connectivity index (χ1v) is 10.9. The van der Waals surface area contributed by atoms with Crippen LogP contribution in [-0.4, -0.2) is 35.2 Å². The first kappa shape index (κ1) is 24.1. The number of benzene rings is 2. The van der Waals surface area contributed by atoms with Gasteiger partial charge in [0.2, 0.25) is 0 Å². The maximum absolute atomic E-state index is 14.0. The Bertz CT molecular complexity index is 1040. The van der Waals surface area contributed by atoms with Crippen LogP contribution in [0.3, 0.4) is 0 Å². The fraction of sp³-hybridized carbons (Fsp3) is 0.320. The summed E-state index contributed by atoms with van der Waals surface area (Å²) in [6.07, 6.45) is -4.86. The first-order chi connectivity index (χ1) is 16.1. The number of aromatic nitrogens is 1. The van der Waals surface area contributed by atoms with Crippen LogP contribution < -0.4 is 4.90 Å². The number of pyridine rings is 1. The molecule has 1 saturated heterocycles. The van der Waals surface area contributed by atoms with E-state index in [4.69, 9.17) is 0 Å². The van der Waals surface area contributed by atoms with Crippen molar-refractivity contribution < 1.29 is 26.3 Å². The number of nitrogens with zero attached hydrogens (tertiary/aromatic N) is 3. The fourth-order valence-electron chi connectivity index (χ4n) is 4.52. The van der Waals surface area contributed by atoms with Crippen molar-refractivity contribution in [3.8, 4) is 0 Å². The summed E-state index contributed by atoms with van der Waals surface area (Å²) in [5.41, 5.74) is 0.652. The summed E-state index contributed by atoms with van der Waals surface area (Å²) in [6.45, 7) is 0.391. The van der Waals surface area contributed by atoms with Crippen LogP contribution in [0.25, 0.3) is 0 Å². The lowest BCUT2D eigenvalue weighted by Crippen LogP contribution is -2.47. The van der Waals surface area contributed by atoms with E-state index in [1.807, 2.05) is 4.90 Å². The molecule has 0 saturated carbocycles. The van der Waals surface area contributed by atoms with Crippen molar-refractivity contribution in [1.82, 2.24) is 9.88 Å². The molecule has 180 valence electrons. The van der Waals surface area contributed by atoms with Gasteiger partial charge in [-0.2, -0.15) is 26.3 Å². The summed E-state index contributed by atoms with van der Waals surface area (Å²) in [6, 6.07) is 14.3. The van der Waals surface area contributed by atoms with E-state index in [2.05, 4.69) is 4.98 Å². The molecule has 9 heteroatoms. The molecule has 2 aromatic carbocycles. The van der Waals surface area contributed by atoms with Gasteiger partial charge in [-0.1, -0.05) is 30.3 Å². The van der Waals surface area contributed by atoms with Crippen LogP contribution in [0.15, 0.2) is 79.1 Å². The van der Waals surface area contributed by atoms with Gasteiger partial charge >= 0.3 is 12.4 Å². The number of hydrogen-bond acceptors (Lipinski definition) is 3. The largest absolute Gasteiger partial charge is 0.416 e. The lowest BCUT2D eigenvalue weighted by atomic mass is 9.97. The Kier molecular flexibility index (Phi) is 6.84. The molecule has 1 aliphatic rings. The number of halogens is 6. The van der Waals surface area contributed by atoms with Gasteiger partial charge in [0.25, 0.3) is 0 Å². The van der Waals surface area contributed by atoms with Gasteiger partial charge in [-0.05, 0) is 54.8 Å². The molecule has 1 unspecified atom stereocenters. The minimum atomic E-state index is -4.45. The van der Waals surface area contributed by atoms with Gasteiger partial charge in [0.15, 0.2) is 0 Å². The van der Waals surface area contributed by atoms with E-state index >= 15 is 0 Å². The van der Waals surface area contributed by atoms with Crippen LogP contribution in [-0.2, 0) is 6.18 Å². The van der Waals surface area contributed by atoms with E-state index in [1.54, 1.807) is 42.7 Å². The molecular formula is C25H23F6N3. The van der Waals surface area contributed by atoms with Crippen molar-refractivity contribution in [2.45, 2.75) is 37.3 Å². The summed E-state index contributed by atoms with van der Waals surface area (Å²) < 4.78 is 81.0. The molecule has 3 nitrogen and oxygen atoms in total. The zero-order valence-electron chi connectivity index (χ0n) is 18.1. The second kappa shape index (κ2) is 9.66. The molecule has 1 aliphatic heterocycles. The Morgan fingerprint density at radius 2 is 1.44 bits per heavy atom. The Balaban J connectivity index is 1.58. The molecule has 1 atom stereocenters. The predicted octanol–water partition coefficient (Wildman–Crippen LogP) is 7.01. The molecule has 0 spiro atoms. The number of likely N-dealkylation sites (tertiary alicyclic amines) is 1. The molecule has 0 bridgehead atoms. The van der Waals surface area contributed by atoms with Crippen molar-refractivity contribution in [1.29, 1.82) is 0 Å².